The van der Waals surface area contributed by atoms with Crippen LogP contribution < -0.4 is 9.64 Å². The van der Waals surface area contributed by atoms with Crippen molar-refractivity contribution in [2.75, 3.05) is 11.5 Å². The Hall–Kier alpha value is -7.54. The molecule has 10 rings (SSSR count). The van der Waals surface area contributed by atoms with Crippen molar-refractivity contribution in [1.29, 1.82) is 0 Å². The molecule has 1 N–H and O–H groups in total. The van der Waals surface area contributed by atoms with Crippen molar-refractivity contribution in [1.82, 2.24) is 0 Å². The van der Waals surface area contributed by atoms with Gasteiger partial charge in [-0.2, -0.15) is 0 Å². The van der Waals surface area contributed by atoms with Crippen molar-refractivity contribution in [3.05, 3.63) is 281 Å². The highest BCUT2D eigenvalue weighted by Crippen LogP contribution is 2.49. The van der Waals surface area contributed by atoms with Crippen LogP contribution in [0.25, 0.3) is 6.08 Å². The maximum Gasteiger partial charge on any atom is 0.233 e. The number of aliphatic hydroxyl groups excluding tert-OH is 1. The van der Waals surface area contributed by atoms with E-state index in [2.05, 4.69) is 12.1 Å². The first-order valence-electron chi connectivity index (χ1n) is 26.5. The van der Waals surface area contributed by atoms with Crippen molar-refractivity contribution in [3.63, 3.8) is 0 Å². The van der Waals surface area contributed by atoms with E-state index in [-0.39, 0.29) is 24.9 Å². The van der Waals surface area contributed by atoms with Crippen molar-refractivity contribution in [3.8, 4) is 5.75 Å². The molecule has 0 bridgehead atoms. The van der Waals surface area contributed by atoms with Gasteiger partial charge in [0.1, 0.15) is 48.7 Å². The average Bonchev–Trinajstić information content (AvgIpc) is 3.49. The van der Waals surface area contributed by atoms with Crippen molar-refractivity contribution in [2.45, 2.75) is 88.5 Å². The van der Waals surface area contributed by atoms with Crippen LogP contribution in [0.15, 0.2) is 231 Å². The van der Waals surface area contributed by atoms with Crippen LogP contribution in [0.3, 0.4) is 0 Å². The smallest absolute Gasteiger partial charge is 0.233 e. The molecule has 0 saturated carbocycles. The van der Waals surface area contributed by atoms with E-state index in [0.29, 0.717) is 50.6 Å². The molecule has 0 aromatic heterocycles. The zero-order valence-electron chi connectivity index (χ0n) is 42.9. The summed E-state index contributed by atoms with van der Waals surface area (Å²) in [6.07, 6.45) is 0.847. The summed E-state index contributed by atoms with van der Waals surface area (Å²) in [5.74, 6) is -0.264. The summed E-state index contributed by atoms with van der Waals surface area (Å²) in [5, 5.41) is 11.3. The van der Waals surface area contributed by atoms with Gasteiger partial charge in [0.15, 0.2) is 0 Å². The van der Waals surface area contributed by atoms with Crippen LogP contribution in [-0.4, -0.2) is 48.1 Å². The van der Waals surface area contributed by atoms with Crippen molar-refractivity contribution < 1.29 is 42.7 Å². The van der Waals surface area contributed by atoms with E-state index in [1.165, 1.54) is 12.1 Å². The number of benzene rings is 8. The number of aliphatic hydroxyl groups is 1. The second-order valence-electron chi connectivity index (χ2n) is 19.6. The number of hydrogen-bond donors (Lipinski definition) is 1. The fraction of sp³-hybridized carbons (Fsp3) is 0.239. The molecular weight excluding hydrogens is 966 g/mol. The molecule has 0 radical (unpaired) electrons. The topological polar surface area (TPSA) is 95.9 Å². The maximum absolute atomic E-state index is 14.3. The Kier molecular flexibility index (Phi) is 18.2. The van der Waals surface area contributed by atoms with Gasteiger partial charge < -0.3 is 38.4 Å². The van der Waals surface area contributed by atoms with Gasteiger partial charge in [-0.1, -0.05) is 206 Å². The molecule has 77 heavy (non-hydrogen) atoms. The fourth-order valence-corrected chi connectivity index (χ4v) is 10.2. The number of amides is 1. The third-order valence-corrected chi connectivity index (χ3v) is 14.2. The van der Waals surface area contributed by atoms with Crippen LogP contribution in [0, 0.1) is 11.7 Å². The van der Waals surface area contributed by atoms with E-state index >= 15 is 0 Å². The number of anilines is 1. The van der Waals surface area contributed by atoms with Crippen LogP contribution in [0.2, 0.25) is 0 Å². The van der Waals surface area contributed by atoms with E-state index in [1.807, 2.05) is 205 Å². The predicted molar refractivity (Wildman–Crippen MR) is 297 cm³/mol. The lowest BCUT2D eigenvalue weighted by Crippen LogP contribution is -2.60. The first-order valence-corrected chi connectivity index (χ1v) is 26.5. The minimum atomic E-state index is -0.872. The third-order valence-electron chi connectivity index (χ3n) is 14.2. The maximum atomic E-state index is 14.3. The average molecular weight is 1030 g/mol. The summed E-state index contributed by atoms with van der Waals surface area (Å²) in [6, 6.07) is 71.6. The number of β-lactam (4-membered cyclic amide) rings is 1. The van der Waals surface area contributed by atoms with Gasteiger partial charge >= 0.3 is 0 Å². The van der Waals surface area contributed by atoms with E-state index in [1.54, 1.807) is 12.1 Å². The molecule has 2 aliphatic heterocycles. The molecule has 8 atom stereocenters. The van der Waals surface area contributed by atoms with Crippen molar-refractivity contribution >= 4 is 17.7 Å². The molecule has 1 amide bonds. The summed E-state index contributed by atoms with van der Waals surface area (Å²) in [6.45, 7) is 1.84. The Labute approximate surface area is 451 Å². The number of halogens is 1. The summed E-state index contributed by atoms with van der Waals surface area (Å²) in [5.41, 5.74) is 8.11. The summed E-state index contributed by atoms with van der Waals surface area (Å²) in [4.78, 5) is 16.1. The number of para-hydroxylation sites is 1. The number of ether oxygens (including phenoxy) is 6. The second kappa shape index (κ2) is 26.5. The molecule has 9 nitrogen and oxygen atoms in total. The number of carbonyl (C=O) groups is 1. The molecular formula is C67H64FNO8. The lowest BCUT2D eigenvalue weighted by Gasteiger charge is -2.48. The largest absolute Gasteiger partial charge is 0.489 e. The predicted octanol–water partition coefficient (Wildman–Crippen LogP) is 13.4. The number of hydrogen-bond acceptors (Lipinski definition) is 8. The number of carbonyl (C=O) groups excluding carboxylic acids is 1. The monoisotopic (exact) mass is 1030 g/mol. The lowest BCUT2D eigenvalue weighted by molar-refractivity contribution is -0.263. The Morgan fingerprint density at radius 2 is 1.05 bits per heavy atom. The molecule has 8 aromatic carbocycles. The highest BCUT2D eigenvalue weighted by atomic mass is 19.1. The zero-order chi connectivity index (χ0) is 52.6. The molecule has 0 spiro atoms. The lowest BCUT2D eigenvalue weighted by atomic mass is 9.77. The van der Waals surface area contributed by atoms with Crippen LogP contribution in [0.5, 0.6) is 5.75 Å². The second-order valence-corrected chi connectivity index (χ2v) is 19.6. The highest BCUT2D eigenvalue weighted by molar-refractivity contribution is 6.03. The Bertz CT molecular complexity index is 3080. The normalized spacial score (nSPS) is 20.7. The van der Waals surface area contributed by atoms with Gasteiger partial charge in [0.2, 0.25) is 5.91 Å². The minimum absolute atomic E-state index is 0.0427. The number of nitrogens with zero attached hydrogens (tertiary/aromatic N) is 1. The summed E-state index contributed by atoms with van der Waals surface area (Å²) >= 11 is 0. The van der Waals surface area contributed by atoms with Gasteiger partial charge in [-0.15, -0.1) is 0 Å². The van der Waals surface area contributed by atoms with E-state index in [9.17, 15) is 14.3 Å². The van der Waals surface area contributed by atoms with Crippen molar-refractivity contribution in [2.24, 2.45) is 5.92 Å². The van der Waals surface area contributed by atoms with Gasteiger partial charge in [-0.3, -0.25) is 4.79 Å². The van der Waals surface area contributed by atoms with Gasteiger partial charge in [0, 0.05) is 11.3 Å². The van der Waals surface area contributed by atoms with E-state index in [0.717, 1.165) is 44.6 Å². The van der Waals surface area contributed by atoms with Gasteiger partial charge in [-0.25, -0.2) is 4.39 Å². The third kappa shape index (κ3) is 13.9. The Morgan fingerprint density at radius 3 is 1.61 bits per heavy atom. The summed E-state index contributed by atoms with van der Waals surface area (Å²) < 4.78 is 55.2. The first-order chi connectivity index (χ1) is 37.9. The molecule has 10 heteroatoms. The van der Waals surface area contributed by atoms with E-state index in [4.69, 9.17) is 28.4 Å². The first kappa shape index (κ1) is 52.9. The standard InChI is InChI=1S/C67H64FNO8/c68-55-35-33-54(34-36-55)59(70)39-38-58-63(69(67(58)71)56-29-17-6-18-30-56)57-37-31-48(41-61(57)73-43-50-21-9-2-10-22-50)32-40-60-64(74-44-51-23-11-3-12-24-51)66(76-46-53-27-15-5-16-28-53)65(75-45-52-25-13-4-14-26-52)62(77-60)47-72-42-49-19-7-1-8-20-49/h1-37,40-41,58-60,62-66,70H,38-39,42-47H2/t58-,59+,60+,62?,63-,64?,65+,66+/m1/s1. The fourth-order valence-electron chi connectivity index (χ4n) is 10.2. The van der Waals surface area contributed by atoms with E-state index < -0.39 is 48.6 Å². The molecule has 8 aromatic rings. The quantitative estimate of drug-likeness (QED) is 0.0598. The van der Waals surface area contributed by atoms with Gasteiger partial charge in [-0.05, 0) is 82.1 Å². The molecule has 2 aliphatic rings. The molecule has 2 fully saturated rings. The Morgan fingerprint density at radius 1 is 0.558 bits per heavy atom. The van der Waals surface area contributed by atoms with Crippen LogP contribution in [0.4, 0.5) is 10.1 Å². The molecule has 2 saturated heterocycles. The number of rotatable bonds is 24. The molecule has 392 valence electrons. The SMILES string of the molecule is O=C1[C@H](CC[C@H](O)c2ccc(F)cc2)[C@@H](c2ccc(C=C[C@@H]3OC(COCc4ccccc4)[C@H](OCc4ccccc4)[C@@H](OCc4ccccc4)C3OCc3ccccc3)cc2OCc2ccccc2)N1c1ccccc1. The molecule has 0 aliphatic carbocycles. The molecule has 2 unspecified atom stereocenters. The minimum Gasteiger partial charge on any atom is -0.489 e. The van der Waals surface area contributed by atoms with Crippen LogP contribution in [-0.2, 0) is 61.5 Å². The van der Waals surface area contributed by atoms with Crippen LogP contribution >= 0.6 is 0 Å². The van der Waals surface area contributed by atoms with Crippen LogP contribution in [0.1, 0.15) is 69.5 Å². The van der Waals surface area contributed by atoms with Gasteiger partial charge in [0.25, 0.3) is 0 Å². The van der Waals surface area contributed by atoms with Gasteiger partial charge in [0.05, 0.1) is 51.1 Å². The zero-order valence-corrected chi connectivity index (χ0v) is 42.9. The summed E-state index contributed by atoms with van der Waals surface area (Å²) in [7, 11) is 0. The molecule has 2 heterocycles. The Balaban J connectivity index is 1.00. The highest BCUT2D eigenvalue weighted by Gasteiger charge is 2.50.